The van der Waals surface area contributed by atoms with E-state index in [1.165, 1.54) is 19.3 Å². The molecule has 1 saturated carbocycles. The van der Waals surface area contributed by atoms with Gasteiger partial charge in [-0.1, -0.05) is 6.42 Å². The first-order chi connectivity index (χ1) is 5.77. The smallest absolute Gasteiger partial charge is 0.264 e. The lowest BCUT2D eigenvalue weighted by Gasteiger charge is -2.23. The fourth-order valence-electron chi connectivity index (χ4n) is 1.28. The number of hydrogen-bond acceptors (Lipinski definition) is 2. The molecule has 64 valence electrons. The number of nitrogens with zero attached hydrogens (tertiary/aromatic N) is 1. The zero-order valence-corrected chi connectivity index (χ0v) is 8.67. The lowest BCUT2D eigenvalue weighted by molar-refractivity contribution is 0.400. The highest BCUT2D eigenvalue weighted by Crippen LogP contribution is 2.33. The Morgan fingerprint density at radius 3 is 2.83 bits per heavy atom. The molecule has 4 heteroatoms. The number of H-pyrrole nitrogens is 1. The van der Waals surface area contributed by atoms with E-state index in [4.69, 9.17) is 0 Å². The number of halogens is 1. The van der Waals surface area contributed by atoms with E-state index in [-0.39, 0.29) is 5.56 Å². The highest BCUT2D eigenvalue weighted by molar-refractivity contribution is 14.1. The molecule has 0 radical (unpaired) electrons. The lowest BCUT2D eigenvalue weighted by Crippen LogP contribution is -2.19. The van der Waals surface area contributed by atoms with Gasteiger partial charge in [0.15, 0.2) is 0 Å². The number of hydrogen-bond donors (Lipinski definition) is 1. The summed E-state index contributed by atoms with van der Waals surface area (Å²) in [4.78, 5) is 18.2. The molecule has 3 nitrogen and oxygen atoms in total. The molecular formula is C8H9IN2O. The Balaban J connectivity index is 2.33. The quantitative estimate of drug-likeness (QED) is 0.792. The van der Waals surface area contributed by atoms with Gasteiger partial charge in [-0.25, -0.2) is 4.98 Å². The summed E-state index contributed by atoms with van der Waals surface area (Å²) < 4.78 is 0.663. The third kappa shape index (κ3) is 1.39. The van der Waals surface area contributed by atoms with Crippen molar-refractivity contribution in [1.82, 2.24) is 9.97 Å². The van der Waals surface area contributed by atoms with Gasteiger partial charge < -0.3 is 4.98 Å². The monoisotopic (exact) mass is 276 g/mol. The Hall–Kier alpha value is -0.390. The highest BCUT2D eigenvalue weighted by atomic mass is 127. The van der Waals surface area contributed by atoms with Crippen LogP contribution in [-0.2, 0) is 0 Å². The molecule has 0 unspecified atom stereocenters. The summed E-state index contributed by atoms with van der Waals surface area (Å²) in [5.74, 6) is 1.38. The summed E-state index contributed by atoms with van der Waals surface area (Å²) >= 11 is 1.99. The maximum Gasteiger partial charge on any atom is 0.264 e. The average molecular weight is 276 g/mol. The normalized spacial score (nSPS) is 17.4. The standard InChI is InChI=1S/C8H9IN2O/c9-6-4-10-7(11-8(6)12)5-2-1-3-5/h4-5H,1-3H2,(H,10,11,12). The van der Waals surface area contributed by atoms with Gasteiger partial charge in [0.25, 0.3) is 5.56 Å². The van der Waals surface area contributed by atoms with Crippen molar-refractivity contribution in [3.8, 4) is 0 Å². The minimum Gasteiger partial charge on any atom is -0.309 e. The molecule has 1 fully saturated rings. The summed E-state index contributed by atoms with van der Waals surface area (Å²) in [5.41, 5.74) is -0.00694. The van der Waals surface area contributed by atoms with Crippen LogP contribution in [0.4, 0.5) is 0 Å². The first kappa shape index (κ1) is 8.22. The second kappa shape index (κ2) is 3.16. The first-order valence-electron chi connectivity index (χ1n) is 4.02. The zero-order valence-electron chi connectivity index (χ0n) is 6.51. The van der Waals surface area contributed by atoms with Crippen molar-refractivity contribution in [2.24, 2.45) is 0 Å². The van der Waals surface area contributed by atoms with Crippen LogP contribution in [0, 0.1) is 3.57 Å². The molecule has 1 aliphatic carbocycles. The fraction of sp³-hybridized carbons (Fsp3) is 0.500. The Labute approximate surface area is 83.7 Å². The van der Waals surface area contributed by atoms with Crippen LogP contribution in [0.5, 0.6) is 0 Å². The van der Waals surface area contributed by atoms with Crippen LogP contribution in [0.15, 0.2) is 11.0 Å². The molecule has 1 aromatic rings. The second-order valence-corrected chi connectivity index (χ2v) is 4.24. The molecule has 0 atom stereocenters. The molecule has 1 heterocycles. The minimum absolute atomic E-state index is 0.00694. The van der Waals surface area contributed by atoms with E-state index < -0.39 is 0 Å². The van der Waals surface area contributed by atoms with E-state index in [2.05, 4.69) is 9.97 Å². The Morgan fingerprint density at radius 2 is 2.33 bits per heavy atom. The molecule has 0 saturated heterocycles. The van der Waals surface area contributed by atoms with Crippen LogP contribution < -0.4 is 5.56 Å². The molecule has 1 aliphatic rings. The van der Waals surface area contributed by atoms with Crippen LogP contribution >= 0.6 is 22.6 Å². The highest BCUT2D eigenvalue weighted by Gasteiger charge is 2.21. The summed E-state index contributed by atoms with van der Waals surface area (Å²) in [6.45, 7) is 0. The minimum atomic E-state index is -0.00694. The van der Waals surface area contributed by atoms with Crippen LogP contribution in [0.1, 0.15) is 31.0 Å². The molecule has 0 amide bonds. The molecule has 1 aromatic heterocycles. The maximum atomic E-state index is 11.2. The van der Waals surface area contributed by atoms with Gasteiger partial charge in [0, 0.05) is 12.1 Å². The molecule has 0 bridgehead atoms. The topological polar surface area (TPSA) is 45.8 Å². The molecule has 0 aliphatic heterocycles. The van der Waals surface area contributed by atoms with E-state index in [0.29, 0.717) is 9.49 Å². The van der Waals surface area contributed by atoms with Crippen molar-refractivity contribution in [2.45, 2.75) is 25.2 Å². The maximum absolute atomic E-state index is 11.2. The molecular weight excluding hydrogens is 267 g/mol. The average Bonchev–Trinajstić information content (AvgIpc) is 1.93. The lowest BCUT2D eigenvalue weighted by atomic mass is 9.85. The van der Waals surface area contributed by atoms with Crippen molar-refractivity contribution < 1.29 is 0 Å². The largest absolute Gasteiger partial charge is 0.309 e. The molecule has 0 spiro atoms. The van der Waals surface area contributed by atoms with E-state index in [1.54, 1.807) is 6.20 Å². The van der Waals surface area contributed by atoms with Gasteiger partial charge in [0.05, 0.1) is 3.57 Å². The van der Waals surface area contributed by atoms with Crippen molar-refractivity contribution in [3.63, 3.8) is 0 Å². The number of aromatic amines is 1. The first-order valence-corrected chi connectivity index (χ1v) is 5.10. The van der Waals surface area contributed by atoms with Gasteiger partial charge in [-0.05, 0) is 35.4 Å². The summed E-state index contributed by atoms with van der Waals surface area (Å²) in [6, 6.07) is 0. The third-order valence-corrected chi connectivity index (χ3v) is 3.04. The van der Waals surface area contributed by atoms with Crippen molar-refractivity contribution in [2.75, 3.05) is 0 Å². The predicted molar refractivity (Wildman–Crippen MR) is 54.2 cm³/mol. The van der Waals surface area contributed by atoms with Crippen molar-refractivity contribution in [1.29, 1.82) is 0 Å². The van der Waals surface area contributed by atoms with Gasteiger partial charge in [0.2, 0.25) is 0 Å². The molecule has 1 N–H and O–H groups in total. The number of rotatable bonds is 1. The van der Waals surface area contributed by atoms with Crippen LogP contribution in [0.25, 0.3) is 0 Å². The van der Waals surface area contributed by atoms with Crippen LogP contribution in [-0.4, -0.2) is 9.97 Å². The summed E-state index contributed by atoms with van der Waals surface area (Å²) in [5, 5.41) is 0. The van der Waals surface area contributed by atoms with Crippen LogP contribution in [0.2, 0.25) is 0 Å². The molecule has 2 rings (SSSR count). The SMILES string of the molecule is O=c1[nH]c(C2CCC2)ncc1I. The van der Waals surface area contributed by atoms with Gasteiger partial charge in [-0.15, -0.1) is 0 Å². The van der Waals surface area contributed by atoms with E-state index >= 15 is 0 Å². The van der Waals surface area contributed by atoms with Crippen molar-refractivity contribution in [3.05, 3.63) is 25.9 Å². The summed E-state index contributed by atoms with van der Waals surface area (Å²) in [6.07, 6.45) is 5.25. The summed E-state index contributed by atoms with van der Waals surface area (Å²) in [7, 11) is 0. The predicted octanol–water partition coefficient (Wildman–Crippen LogP) is 1.64. The van der Waals surface area contributed by atoms with E-state index in [1.807, 2.05) is 22.6 Å². The van der Waals surface area contributed by atoms with Gasteiger partial charge in [-0.2, -0.15) is 0 Å². The molecule has 0 aromatic carbocycles. The van der Waals surface area contributed by atoms with E-state index in [0.717, 1.165) is 5.82 Å². The third-order valence-electron chi connectivity index (χ3n) is 2.27. The van der Waals surface area contributed by atoms with Crippen LogP contribution in [0.3, 0.4) is 0 Å². The van der Waals surface area contributed by atoms with Crippen molar-refractivity contribution >= 4 is 22.6 Å². The number of aromatic nitrogens is 2. The fourth-order valence-corrected chi connectivity index (χ4v) is 1.56. The Kier molecular flexibility index (Phi) is 2.16. The Bertz CT molecular complexity index is 343. The van der Waals surface area contributed by atoms with Gasteiger partial charge in [-0.3, -0.25) is 4.79 Å². The van der Waals surface area contributed by atoms with E-state index in [9.17, 15) is 4.79 Å². The van der Waals surface area contributed by atoms with Gasteiger partial charge >= 0.3 is 0 Å². The second-order valence-electron chi connectivity index (χ2n) is 3.07. The number of nitrogens with one attached hydrogen (secondary N) is 1. The zero-order chi connectivity index (χ0) is 8.55. The van der Waals surface area contributed by atoms with Gasteiger partial charge in [0.1, 0.15) is 5.82 Å². The molecule has 12 heavy (non-hydrogen) atoms. The Morgan fingerprint density at radius 1 is 1.58 bits per heavy atom.